The Bertz CT molecular complexity index is 1090. The van der Waals surface area contributed by atoms with Crippen molar-refractivity contribution >= 4 is 29.3 Å². The molecule has 0 unspecified atom stereocenters. The number of rotatable bonds is 6. The van der Waals surface area contributed by atoms with Crippen LogP contribution >= 0.6 is 0 Å². The monoisotopic (exact) mass is 433 g/mol. The third kappa shape index (κ3) is 4.85. The Morgan fingerprint density at radius 1 is 1.19 bits per heavy atom. The molecule has 0 saturated heterocycles. The van der Waals surface area contributed by atoms with E-state index in [-0.39, 0.29) is 23.6 Å². The number of ether oxygens (including phenoxy) is 2. The Morgan fingerprint density at radius 2 is 1.94 bits per heavy atom. The van der Waals surface area contributed by atoms with E-state index in [1.54, 1.807) is 25.1 Å². The number of hydrazone groups is 1. The minimum atomic E-state index is -4.54. The van der Waals surface area contributed by atoms with Gasteiger partial charge in [0.1, 0.15) is 0 Å². The number of amides is 2. The molecule has 1 heterocycles. The number of carbonyl (C=O) groups excluding carboxylic acids is 2. The summed E-state index contributed by atoms with van der Waals surface area (Å²) in [6.45, 7) is 1.26. The lowest BCUT2D eigenvalue weighted by Crippen LogP contribution is -2.21. The van der Waals surface area contributed by atoms with Gasteiger partial charge in [-0.15, -0.1) is 0 Å². The van der Waals surface area contributed by atoms with Crippen LogP contribution in [0.3, 0.4) is 0 Å². The van der Waals surface area contributed by atoms with E-state index in [9.17, 15) is 22.8 Å². The molecule has 31 heavy (non-hydrogen) atoms. The van der Waals surface area contributed by atoms with Crippen LogP contribution in [0.5, 0.6) is 11.5 Å². The number of hydrogen-bond donors (Lipinski definition) is 1. The van der Waals surface area contributed by atoms with Gasteiger partial charge in [-0.3, -0.25) is 9.59 Å². The zero-order valence-corrected chi connectivity index (χ0v) is 16.6. The van der Waals surface area contributed by atoms with Crippen LogP contribution in [0.15, 0.2) is 53.1 Å². The van der Waals surface area contributed by atoms with Gasteiger partial charge in [-0.2, -0.15) is 23.3 Å². The van der Waals surface area contributed by atoms with E-state index in [0.29, 0.717) is 17.0 Å². The molecular formula is C21H18F3N3O4. The summed E-state index contributed by atoms with van der Waals surface area (Å²) in [5.41, 5.74) is 5.32. The summed E-state index contributed by atoms with van der Waals surface area (Å²) >= 11 is 0. The largest absolute Gasteiger partial charge is 0.493 e. The minimum Gasteiger partial charge on any atom is -0.493 e. The number of primary amides is 1. The molecule has 0 bridgehead atoms. The number of carbonyl (C=O) groups is 2. The van der Waals surface area contributed by atoms with Crippen molar-refractivity contribution in [1.29, 1.82) is 0 Å². The minimum absolute atomic E-state index is 0.00959. The number of nitrogens with zero attached hydrogens (tertiary/aromatic N) is 2. The molecule has 7 nitrogen and oxygen atoms in total. The summed E-state index contributed by atoms with van der Waals surface area (Å²) < 4.78 is 49.5. The van der Waals surface area contributed by atoms with Crippen molar-refractivity contribution in [2.45, 2.75) is 13.1 Å². The molecule has 0 aromatic heterocycles. The van der Waals surface area contributed by atoms with E-state index in [2.05, 4.69) is 5.10 Å². The quantitative estimate of drug-likeness (QED) is 0.707. The zero-order chi connectivity index (χ0) is 22.8. The summed E-state index contributed by atoms with van der Waals surface area (Å²) in [6.07, 6.45) is -3.00. The van der Waals surface area contributed by atoms with Gasteiger partial charge in [-0.05, 0) is 48.9 Å². The molecule has 0 saturated carbocycles. The van der Waals surface area contributed by atoms with Crippen LogP contribution in [0.1, 0.15) is 18.1 Å². The topological polar surface area (TPSA) is 94.2 Å². The maximum atomic E-state index is 13.0. The molecule has 2 amide bonds. The van der Waals surface area contributed by atoms with Crippen molar-refractivity contribution < 1.29 is 32.2 Å². The highest BCUT2D eigenvalue weighted by Gasteiger charge is 2.33. The summed E-state index contributed by atoms with van der Waals surface area (Å²) in [5.74, 6) is -0.612. The van der Waals surface area contributed by atoms with Crippen LogP contribution in [0.4, 0.5) is 18.9 Å². The molecule has 1 aliphatic heterocycles. The lowest BCUT2D eigenvalue weighted by Gasteiger charge is -2.14. The Labute approximate surface area is 175 Å². The molecular weight excluding hydrogens is 415 g/mol. The molecule has 2 aromatic rings. The number of benzene rings is 2. The van der Waals surface area contributed by atoms with Crippen LogP contribution in [0, 0.1) is 0 Å². The highest BCUT2D eigenvalue weighted by molar-refractivity contribution is 6.32. The first kappa shape index (κ1) is 21.9. The Kier molecular flexibility index (Phi) is 6.00. The van der Waals surface area contributed by atoms with Gasteiger partial charge >= 0.3 is 6.18 Å². The smallest absolute Gasteiger partial charge is 0.416 e. The highest BCUT2D eigenvalue weighted by Crippen LogP contribution is 2.34. The summed E-state index contributed by atoms with van der Waals surface area (Å²) in [7, 11) is 1.41. The third-order valence-electron chi connectivity index (χ3n) is 4.35. The van der Waals surface area contributed by atoms with Gasteiger partial charge in [0.2, 0.25) is 0 Å². The van der Waals surface area contributed by atoms with E-state index < -0.39 is 23.6 Å². The van der Waals surface area contributed by atoms with Crippen molar-refractivity contribution in [3.63, 3.8) is 0 Å². The fourth-order valence-corrected chi connectivity index (χ4v) is 2.88. The van der Waals surface area contributed by atoms with Crippen molar-refractivity contribution in [3.8, 4) is 11.5 Å². The van der Waals surface area contributed by atoms with Gasteiger partial charge in [0, 0.05) is 0 Å². The van der Waals surface area contributed by atoms with Gasteiger partial charge in [0.25, 0.3) is 11.8 Å². The second kappa shape index (κ2) is 8.50. The molecule has 0 aliphatic carbocycles. The highest BCUT2D eigenvalue weighted by atomic mass is 19.4. The van der Waals surface area contributed by atoms with E-state index in [4.69, 9.17) is 15.2 Å². The van der Waals surface area contributed by atoms with Gasteiger partial charge in [0.05, 0.1) is 29.6 Å². The van der Waals surface area contributed by atoms with Crippen LogP contribution < -0.4 is 20.2 Å². The molecule has 0 radical (unpaired) electrons. The molecule has 0 atom stereocenters. The maximum Gasteiger partial charge on any atom is 0.416 e. The molecule has 0 fully saturated rings. The van der Waals surface area contributed by atoms with E-state index in [1.807, 2.05) is 0 Å². The van der Waals surface area contributed by atoms with Crippen LogP contribution in [-0.2, 0) is 15.8 Å². The predicted molar refractivity (Wildman–Crippen MR) is 108 cm³/mol. The molecule has 1 aliphatic rings. The number of hydrogen-bond acceptors (Lipinski definition) is 5. The van der Waals surface area contributed by atoms with E-state index in [1.165, 1.54) is 25.3 Å². The lowest BCUT2D eigenvalue weighted by molar-refractivity contribution is -0.137. The molecule has 162 valence electrons. The first-order valence-corrected chi connectivity index (χ1v) is 8.98. The summed E-state index contributed by atoms with van der Waals surface area (Å²) in [6, 6.07) is 9.13. The van der Waals surface area contributed by atoms with Crippen LogP contribution in [0.2, 0.25) is 0 Å². The average molecular weight is 433 g/mol. The Morgan fingerprint density at radius 3 is 2.58 bits per heavy atom. The molecule has 0 spiro atoms. The van der Waals surface area contributed by atoms with Crippen LogP contribution in [-0.4, -0.2) is 31.2 Å². The normalized spacial score (nSPS) is 15.3. The fraction of sp³-hybridized carbons (Fsp3) is 0.190. The lowest BCUT2D eigenvalue weighted by atomic mass is 10.1. The number of anilines is 1. The third-order valence-corrected chi connectivity index (χ3v) is 4.35. The first-order valence-electron chi connectivity index (χ1n) is 8.98. The van der Waals surface area contributed by atoms with Crippen molar-refractivity contribution in [2.75, 3.05) is 18.7 Å². The number of nitrogens with two attached hydrogens (primary N) is 1. The van der Waals surface area contributed by atoms with E-state index in [0.717, 1.165) is 17.1 Å². The first-order chi connectivity index (χ1) is 14.6. The van der Waals surface area contributed by atoms with Crippen molar-refractivity contribution in [1.82, 2.24) is 0 Å². The number of alkyl halides is 3. The standard InChI is InChI=1S/C21H18F3N3O4/c1-12-16(8-13-6-7-17(18(9-13)30-2)31-11-19(25)28)20(29)27(26-12)15-5-3-4-14(10-15)21(22,23)24/h3-10H,11H2,1-2H3,(H2,25,28)/b16-8+. The number of methoxy groups -OCH3 is 1. The van der Waals surface area contributed by atoms with Gasteiger partial charge < -0.3 is 15.2 Å². The Hall–Kier alpha value is -3.82. The van der Waals surface area contributed by atoms with Gasteiger partial charge in [-0.25, -0.2) is 0 Å². The molecule has 3 rings (SSSR count). The number of halogens is 3. The Balaban J connectivity index is 1.89. The van der Waals surface area contributed by atoms with E-state index >= 15 is 0 Å². The molecule has 2 N–H and O–H groups in total. The molecule has 2 aromatic carbocycles. The second-order valence-electron chi connectivity index (χ2n) is 6.57. The fourth-order valence-electron chi connectivity index (χ4n) is 2.88. The molecule has 10 heteroatoms. The van der Waals surface area contributed by atoms with Crippen molar-refractivity contribution in [3.05, 3.63) is 59.2 Å². The average Bonchev–Trinajstić information content (AvgIpc) is 3.00. The summed E-state index contributed by atoms with van der Waals surface area (Å²) in [4.78, 5) is 23.7. The van der Waals surface area contributed by atoms with Gasteiger partial charge in [0.15, 0.2) is 18.1 Å². The predicted octanol–water partition coefficient (Wildman–Crippen LogP) is 3.38. The summed E-state index contributed by atoms with van der Waals surface area (Å²) in [5, 5.41) is 5.04. The van der Waals surface area contributed by atoms with Crippen LogP contribution in [0.25, 0.3) is 6.08 Å². The second-order valence-corrected chi connectivity index (χ2v) is 6.57. The maximum absolute atomic E-state index is 13.0. The van der Waals surface area contributed by atoms with Gasteiger partial charge in [-0.1, -0.05) is 12.1 Å². The SMILES string of the molecule is COc1cc(/C=C2/C(=O)N(c3cccc(C(F)(F)F)c3)N=C2C)ccc1OCC(N)=O. The zero-order valence-electron chi connectivity index (χ0n) is 16.6. The van der Waals surface area contributed by atoms with Crippen molar-refractivity contribution in [2.24, 2.45) is 10.8 Å².